The Morgan fingerprint density at radius 2 is 2.08 bits per heavy atom. The van der Waals surface area contributed by atoms with Crippen LogP contribution in [-0.4, -0.2) is 63.2 Å². The van der Waals surface area contributed by atoms with Crippen LogP contribution in [-0.2, 0) is 17.8 Å². The van der Waals surface area contributed by atoms with Gasteiger partial charge in [-0.25, -0.2) is 0 Å². The number of ether oxygens (including phenoxy) is 1. The highest BCUT2D eigenvalue weighted by molar-refractivity contribution is 5.80. The predicted molar refractivity (Wildman–Crippen MR) is 98.1 cm³/mol. The van der Waals surface area contributed by atoms with Crippen molar-refractivity contribution in [2.75, 3.05) is 47.4 Å². The molecule has 24 heavy (non-hydrogen) atoms. The maximum absolute atomic E-state index is 5.63. The Kier molecular flexibility index (Phi) is 5.41. The van der Waals surface area contributed by atoms with Gasteiger partial charge in [0.1, 0.15) is 0 Å². The highest BCUT2D eigenvalue weighted by Gasteiger charge is 2.42. The van der Waals surface area contributed by atoms with Gasteiger partial charge in [0.05, 0.1) is 6.61 Å². The minimum absolute atomic E-state index is 0.362. The third kappa shape index (κ3) is 3.90. The second-order valence-electron chi connectivity index (χ2n) is 7.38. The summed E-state index contributed by atoms with van der Waals surface area (Å²) in [7, 11) is 6.09. The largest absolute Gasteiger partial charge is 0.381 e. The number of nitrogens with zero attached hydrogens (tertiary/aromatic N) is 3. The molecule has 2 aliphatic heterocycles. The van der Waals surface area contributed by atoms with Gasteiger partial charge in [-0.2, -0.15) is 0 Å². The molecule has 0 amide bonds. The Morgan fingerprint density at radius 3 is 2.75 bits per heavy atom. The van der Waals surface area contributed by atoms with Gasteiger partial charge in [0.25, 0.3) is 0 Å². The Labute approximate surface area is 145 Å². The van der Waals surface area contributed by atoms with E-state index in [9.17, 15) is 0 Å². The quantitative estimate of drug-likeness (QED) is 0.676. The molecule has 0 saturated carbocycles. The fourth-order valence-electron chi connectivity index (χ4n) is 3.82. The molecule has 2 aliphatic rings. The number of nitrogens with one attached hydrogen (secondary N) is 1. The summed E-state index contributed by atoms with van der Waals surface area (Å²) in [5.41, 5.74) is 3.07. The summed E-state index contributed by atoms with van der Waals surface area (Å²) < 4.78 is 5.63. The fraction of sp³-hybridized carbons (Fsp3) is 0.632. The van der Waals surface area contributed by atoms with E-state index in [1.165, 1.54) is 24.0 Å². The highest BCUT2D eigenvalue weighted by Crippen LogP contribution is 2.38. The van der Waals surface area contributed by atoms with Crippen LogP contribution < -0.4 is 5.32 Å². The van der Waals surface area contributed by atoms with Crippen LogP contribution in [0.1, 0.15) is 24.0 Å². The number of likely N-dealkylation sites (tertiary alicyclic amines) is 1. The molecule has 1 unspecified atom stereocenters. The van der Waals surface area contributed by atoms with Crippen LogP contribution in [0.5, 0.6) is 0 Å². The van der Waals surface area contributed by atoms with Crippen molar-refractivity contribution in [1.29, 1.82) is 0 Å². The summed E-state index contributed by atoms with van der Waals surface area (Å²) in [5.74, 6) is 1.01. The molecule has 0 aromatic heterocycles. The summed E-state index contributed by atoms with van der Waals surface area (Å²) in [5, 5.41) is 3.56. The highest BCUT2D eigenvalue weighted by atomic mass is 16.5. The smallest absolute Gasteiger partial charge is 0.193 e. The van der Waals surface area contributed by atoms with Crippen molar-refractivity contribution in [3.8, 4) is 0 Å². The number of hydrogen-bond acceptors (Lipinski definition) is 3. The predicted octanol–water partition coefficient (Wildman–Crippen LogP) is 1.94. The molecule has 1 spiro atoms. The van der Waals surface area contributed by atoms with Crippen LogP contribution in [0.25, 0.3) is 0 Å². The van der Waals surface area contributed by atoms with Gasteiger partial charge < -0.3 is 19.9 Å². The number of benzene rings is 1. The Hall–Kier alpha value is -1.59. The second kappa shape index (κ2) is 7.53. The molecule has 0 radical (unpaired) electrons. The van der Waals surface area contributed by atoms with E-state index in [0.717, 1.165) is 45.4 Å². The first-order valence-electron chi connectivity index (χ1n) is 8.87. The number of hydrogen-bond donors (Lipinski definition) is 1. The molecule has 0 aliphatic carbocycles. The standard InChI is InChI=1S/C19H30N4O/c1-20-18(23-10-8-19(14-23)9-11-24-15-19)21-12-16-6-4-5-7-17(16)13-22(2)3/h4-7H,8-15H2,1-3H3,(H,20,21). The van der Waals surface area contributed by atoms with Crippen molar-refractivity contribution in [3.63, 3.8) is 0 Å². The first-order valence-corrected chi connectivity index (χ1v) is 8.87. The Morgan fingerprint density at radius 1 is 1.29 bits per heavy atom. The molecule has 5 nitrogen and oxygen atoms in total. The van der Waals surface area contributed by atoms with E-state index in [0.29, 0.717) is 5.41 Å². The first-order chi connectivity index (χ1) is 11.6. The van der Waals surface area contributed by atoms with Crippen molar-refractivity contribution in [2.45, 2.75) is 25.9 Å². The van der Waals surface area contributed by atoms with Crippen molar-refractivity contribution >= 4 is 5.96 Å². The van der Waals surface area contributed by atoms with E-state index >= 15 is 0 Å². The van der Waals surface area contributed by atoms with Crippen molar-refractivity contribution in [1.82, 2.24) is 15.1 Å². The molecule has 2 saturated heterocycles. The molecule has 1 atom stereocenters. The molecule has 1 N–H and O–H groups in total. The minimum Gasteiger partial charge on any atom is -0.381 e. The van der Waals surface area contributed by atoms with Gasteiger partial charge in [-0.05, 0) is 38.1 Å². The lowest BCUT2D eigenvalue weighted by molar-refractivity contribution is 0.156. The molecule has 132 valence electrons. The van der Waals surface area contributed by atoms with Gasteiger partial charge in [0.15, 0.2) is 5.96 Å². The summed E-state index contributed by atoms with van der Waals surface area (Å²) in [6.45, 7) is 5.73. The van der Waals surface area contributed by atoms with Gasteiger partial charge in [0.2, 0.25) is 0 Å². The molecule has 1 aromatic carbocycles. The monoisotopic (exact) mass is 330 g/mol. The zero-order valence-corrected chi connectivity index (χ0v) is 15.2. The second-order valence-corrected chi connectivity index (χ2v) is 7.38. The van der Waals surface area contributed by atoms with Crippen molar-refractivity contribution in [2.24, 2.45) is 10.4 Å². The van der Waals surface area contributed by atoms with Crippen LogP contribution in [0.4, 0.5) is 0 Å². The van der Waals surface area contributed by atoms with E-state index in [1.54, 1.807) is 0 Å². The maximum Gasteiger partial charge on any atom is 0.193 e. The molecule has 2 heterocycles. The van der Waals surface area contributed by atoms with Crippen molar-refractivity contribution < 1.29 is 4.74 Å². The lowest BCUT2D eigenvalue weighted by atomic mass is 9.87. The zero-order valence-electron chi connectivity index (χ0n) is 15.2. The molecule has 0 bridgehead atoms. The topological polar surface area (TPSA) is 40.1 Å². The molecular formula is C19H30N4O. The van der Waals surface area contributed by atoms with Gasteiger partial charge in [-0.1, -0.05) is 24.3 Å². The van der Waals surface area contributed by atoms with Gasteiger partial charge >= 0.3 is 0 Å². The van der Waals surface area contributed by atoms with Crippen LogP contribution in [0.3, 0.4) is 0 Å². The van der Waals surface area contributed by atoms with Crippen LogP contribution >= 0.6 is 0 Å². The molecule has 1 aromatic rings. The van der Waals surface area contributed by atoms with Crippen LogP contribution in [0.2, 0.25) is 0 Å². The molecule has 3 rings (SSSR count). The van der Waals surface area contributed by atoms with E-state index < -0.39 is 0 Å². The molecular weight excluding hydrogens is 300 g/mol. The zero-order chi connectivity index (χ0) is 17.0. The Balaban J connectivity index is 1.61. The van der Waals surface area contributed by atoms with E-state index in [-0.39, 0.29) is 0 Å². The van der Waals surface area contributed by atoms with Gasteiger partial charge in [-0.3, -0.25) is 4.99 Å². The van der Waals surface area contributed by atoms with E-state index in [4.69, 9.17) is 4.74 Å². The number of guanidine groups is 1. The molecule has 2 fully saturated rings. The fourth-order valence-corrected chi connectivity index (χ4v) is 3.82. The SMILES string of the molecule is CN=C(NCc1ccccc1CN(C)C)N1CCC2(CCOC2)C1. The first kappa shape index (κ1) is 17.2. The van der Waals surface area contributed by atoms with Gasteiger partial charge in [-0.15, -0.1) is 0 Å². The van der Waals surface area contributed by atoms with E-state index in [2.05, 4.69) is 58.5 Å². The Bertz CT molecular complexity index is 578. The third-order valence-corrected chi connectivity index (χ3v) is 5.18. The summed E-state index contributed by atoms with van der Waals surface area (Å²) in [6, 6.07) is 8.64. The number of aliphatic imine (C=N–C) groups is 1. The normalized spacial score (nSPS) is 24.3. The summed E-state index contributed by atoms with van der Waals surface area (Å²) in [6.07, 6.45) is 2.40. The average Bonchev–Trinajstić information content (AvgIpc) is 3.20. The average molecular weight is 330 g/mol. The van der Waals surface area contributed by atoms with Gasteiger partial charge in [0, 0.05) is 45.2 Å². The van der Waals surface area contributed by atoms with Crippen LogP contribution in [0, 0.1) is 5.41 Å². The summed E-state index contributed by atoms with van der Waals surface area (Å²) >= 11 is 0. The minimum atomic E-state index is 0.362. The lowest BCUT2D eigenvalue weighted by Gasteiger charge is -2.25. The van der Waals surface area contributed by atoms with E-state index in [1.807, 2.05) is 7.05 Å². The molecule has 5 heteroatoms. The van der Waals surface area contributed by atoms with Crippen LogP contribution in [0.15, 0.2) is 29.3 Å². The number of rotatable bonds is 4. The maximum atomic E-state index is 5.63. The summed E-state index contributed by atoms with van der Waals surface area (Å²) in [4.78, 5) is 9.11. The third-order valence-electron chi connectivity index (χ3n) is 5.18. The lowest BCUT2D eigenvalue weighted by Crippen LogP contribution is -2.41. The van der Waals surface area contributed by atoms with Crippen molar-refractivity contribution in [3.05, 3.63) is 35.4 Å².